The van der Waals surface area contributed by atoms with Gasteiger partial charge in [-0.3, -0.25) is 4.79 Å². The molecule has 4 heteroatoms. The molecule has 58 valence electrons. The Morgan fingerprint density at radius 1 is 1.60 bits per heavy atom. The molecule has 0 saturated heterocycles. The first-order valence-electron chi connectivity index (χ1n) is 2.99. The number of rotatable bonds is 3. The van der Waals surface area contributed by atoms with Crippen LogP contribution in [0.5, 0.6) is 0 Å². The van der Waals surface area contributed by atoms with Gasteiger partial charge in [0, 0.05) is 0 Å². The van der Waals surface area contributed by atoms with Gasteiger partial charge in [-0.1, -0.05) is 26.1 Å². The summed E-state index contributed by atoms with van der Waals surface area (Å²) in [6.45, 7) is 3.55. The second-order valence-corrected chi connectivity index (χ2v) is 2.93. The Hall–Kier alpha value is -0.640. The fraction of sp³-hybridized carbons (Fsp3) is 0.667. The van der Waals surface area contributed by atoms with Crippen LogP contribution >= 0.6 is 12.2 Å². The molecular weight excluding hydrogens is 150 g/mol. The molecule has 0 aromatic heterocycles. The highest BCUT2D eigenvalue weighted by atomic mass is 32.1. The maximum absolute atomic E-state index is 10.4. The van der Waals surface area contributed by atoms with Crippen LogP contribution in [0.15, 0.2) is 0 Å². The molecule has 0 aliphatic carbocycles. The highest BCUT2D eigenvalue weighted by Gasteiger charge is 2.23. The van der Waals surface area contributed by atoms with Crippen LogP contribution in [0.3, 0.4) is 0 Å². The molecule has 3 N–H and O–H groups in total. The highest BCUT2D eigenvalue weighted by Crippen LogP contribution is 2.10. The van der Waals surface area contributed by atoms with Crippen LogP contribution < -0.4 is 5.73 Å². The van der Waals surface area contributed by atoms with Gasteiger partial charge in [0.2, 0.25) is 0 Å². The summed E-state index contributed by atoms with van der Waals surface area (Å²) in [5.41, 5.74) is 5.19. The summed E-state index contributed by atoms with van der Waals surface area (Å²) in [5.74, 6) is -1.66. The van der Waals surface area contributed by atoms with E-state index in [0.29, 0.717) is 0 Å². The summed E-state index contributed by atoms with van der Waals surface area (Å²) >= 11 is 4.57. The molecule has 0 radical (unpaired) electrons. The van der Waals surface area contributed by atoms with E-state index in [4.69, 9.17) is 10.8 Å². The average Bonchev–Trinajstić information content (AvgIpc) is 1.59. The third kappa shape index (κ3) is 2.31. The van der Waals surface area contributed by atoms with Gasteiger partial charge in [0.05, 0.1) is 4.99 Å². The molecule has 0 aliphatic heterocycles. The molecular formula is C6H11NO2S. The first kappa shape index (κ1) is 9.36. The zero-order chi connectivity index (χ0) is 8.31. The molecule has 0 aliphatic rings. The molecule has 0 amide bonds. The Morgan fingerprint density at radius 2 is 2.00 bits per heavy atom. The standard InChI is InChI=1S/C6H11NO2S/c1-3(2)4(5(7)10)6(8)9/h3-4H,1-2H3,(H2,7,10)(H,8,9). The number of aliphatic carboxylic acids is 1. The Balaban J connectivity index is 4.27. The number of nitrogens with two attached hydrogens (primary N) is 1. The van der Waals surface area contributed by atoms with Crippen LogP contribution in [0.2, 0.25) is 0 Å². The third-order valence-electron chi connectivity index (χ3n) is 1.24. The summed E-state index contributed by atoms with van der Waals surface area (Å²) in [5, 5.41) is 8.55. The largest absolute Gasteiger partial charge is 0.481 e. The molecule has 0 fully saturated rings. The zero-order valence-corrected chi connectivity index (χ0v) is 6.81. The van der Waals surface area contributed by atoms with Crippen molar-refractivity contribution in [3.8, 4) is 0 Å². The van der Waals surface area contributed by atoms with Crippen molar-refractivity contribution >= 4 is 23.2 Å². The van der Waals surface area contributed by atoms with Gasteiger partial charge in [-0.25, -0.2) is 0 Å². The number of hydrogen-bond donors (Lipinski definition) is 2. The zero-order valence-electron chi connectivity index (χ0n) is 6.00. The van der Waals surface area contributed by atoms with E-state index in [-0.39, 0.29) is 10.9 Å². The van der Waals surface area contributed by atoms with Gasteiger partial charge in [0.1, 0.15) is 5.92 Å². The molecule has 0 spiro atoms. The van der Waals surface area contributed by atoms with Gasteiger partial charge in [-0.15, -0.1) is 0 Å². The van der Waals surface area contributed by atoms with Crippen LogP contribution in [0.1, 0.15) is 13.8 Å². The Labute approximate surface area is 65.2 Å². The molecule has 0 rings (SSSR count). The van der Waals surface area contributed by atoms with E-state index in [1.165, 1.54) is 0 Å². The molecule has 3 nitrogen and oxygen atoms in total. The summed E-state index contributed by atoms with van der Waals surface area (Å²) in [6, 6.07) is 0. The molecule has 0 aromatic rings. The molecule has 0 heterocycles. The summed E-state index contributed by atoms with van der Waals surface area (Å²) in [6.07, 6.45) is 0. The monoisotopic (exact) mass is 161 g/mol. The Bertz CT molecular complexity index is 142. The Kier molecular flexibility index (Phi) is 3.28. The van der Waals surface area contributed by atoms with E-state index >= 15 is 0 Å². The first-order valence-corrected chi connectivity index (χ1v) is 3.39. The first-order chi connectivity index (χ1) is 4.46. The molecule has 10 heavy (non-hydrogen) atoms. The summed E-state index contributed by atoms with van der Waals surface area (Å²) in [7, 11) is 0. The van der Waals surface area contributed by atoms with Crippen molar-refractivity contribution < 1.29 is 9.90 Å². The van der Waals surface area contributed by atoms with E-state index in [0.717, 1.165) is 0 Å². The fourth-order valence-electron chi connectivity index (χ4n) is 0.735. The van der Waals surface area contributed by atoms with Crippen LogP contribution in [0, 0.1) is 11.8 Å². The molecule has 1 atom stereocenters. The van der Waals surface area contributed by atoms with Crippen LogP contribution in [0.25, 0.3) is 0 Å². The number of carboxylic acid groups (broad SMARTS) is 1. The van der Waals surface area contributed by atoms with E-state index in [1.807, 2.05) is 0 Å². The van der Waals surface area contributed by atoms with E-state index in [9.17, 15) is 4.79 Å². The minimum Gasteiger partial charge on any atom is -0.481 e. The summed E-state index contributed by atoms with van der Waals surface area (Å²) in [4.78, 5) is 10.5. The predicted molar refractivity (Wildman–Crippen MR) is 42.7 cm³/mol. The predicted octanol–water partition coefficient (Wildman–Crippen LogP) is 0.629. The SMILES string of the molecule is CC(C)C(C(=O)O)C(N)=S. The topological polar surface area (TPSA) is 63.3 Å². The lowest BCUT2D eigenvalue weighted by Gasteiger charge is -2.13. The summed E-state index contributed by atoms with van der Waals surface area (Å²) < 4.78 is 0. The van der Waals surface area contributed by atoms with E-state index in [2.05, 4.69) is 12.2 Å². The maximum Gasteiger partial charge on any atom is 0.313 e. The lowest BCUT2D eigenvalue weighted by Crippen LogP contribution is -2.32. The number of hydrogen-bond acceptors (Lipinski definition) is 2. The number of thiocarbonyl (C=S) groups is 1. The van der Waals surface area contributed by atoms with Crippen LogP contribution in [0.4, 0.5) is 0 Å². The highest BCUT2D eigenvalue weighted by molar-refractivity contribution is 7.80. The van der Waals surface area contributed by atoms with Crippen LogP contribution in [-0.4, -0.2) is 16.1 Å². The smallest absolute Gasteiger partial charge is 0.313 e. The van der Waals surface area contributed by atoms with Gasteiger partial charge in [0.15, 0.2) is 0 Å². The van der Waals surface area contributed by atoms with E-state index < -0.39 is 11.9 Å². The fourth-order valence-corrected chi connectivity index (χ4v) is 1.11. The second kappa shape index (κ2) is 3.51. The quantitative estimate of drug-likeness (QED) is 0.596. The van der Waals surface area contributed by atoms with Crippen molar-refractivity contribution in [1.82, 2.24) is 0 Å². The molecule has 0 aromatic carbocycles. The average molecular weight is 161 g/mol. The van der Waals surface area contributed by atoms with Gasteiger partial charge in [-0.05, 0) is 5.92 Å². The Morgan fingerprint density at radius 3 is 2.00 bits per heavy atom. The molecule has 0 saturated carbocycles. The number of carbonyl (C=O) groups is 1. The normalized spacial score (nSPS) is 13.1. The van der Waals surface area contributed by atoms with Crippen molar-refractivity contribution in [2.75, 3.05) is 0 Å². The van der Waals surface area contributed by atoms with Crippen molar-refractivity contribution in [2.24, 2.45) is 17.6 Å². The lowest BCUT2D eigenvalue weighted by atomic mass is 9.96. The van der Waals surface area contributed by atoms with Gasteiger partial charge < -0.3 is 10.8 Å². The van der Waals surface area contributed by atoms with Crippen molar-refractivity contribution in [1.29, 1.82) is 0 Å². The van der Waals surface area contributed by atoms with Gasteiger partial charge in [-0.2, -0.15) is 0 Å². The second-order valence-electron chi connectivity index (χ2n) is 2.46. The van der Waals surface area contributed by atoms with Gasteiger partial charge >= 0.3 is 5.97 Å². The van der Waals surface area contributed by atoms with E-state index in [1.54, 1.807) is 13.8 Å². The van der Waals surface area contributed by atoms with Crippen molar-refractivity contribution in [2.45, 2.75) is 13.8 Å². The van der Waals surface area contributed by atoms with Crippen molar-refractivity contribution in [3.63, 3.8) is 0 Å². The minimum absolute atomic E-state index is 0.0324. The number of carboxylic acids is 1. The lowest BCUT2D eigenvalue weighted by molar-refractivity contribution is -0.140. The maximum atomic E-state index is 10.4. The minimum atomic E-state index is -0.942. The van der Waals surface area contributed by atoms with Gasteiger partial charge in [0.25, 0.3) is 0 Å². The molecule has 1 unspecified atom stereocenters. The van der Waals surface area contributed by atoms with Crippen LogP contribution in [-0.2, 0) is 4.79 Å². The third-order valence-corrected chi connectivity index (χ3v) is 1.49. The van der Waals surface area contributed by atoms with Crippen molar-refractivity contribution in [3.05, 3.63) is 0 Å². The molecule has 0 bridgehead atoms.